The summed E-state index contributed by atoms with van der Waals surface area (Å²) in [5.41, 5.74) is -1.23. The van der Waals surface area contributed by atoms with Crippen LogP contribution in [0.4, 0.5) is 13.2 Å². The lowest BCUT2D eigenvalue weighted by Gasteiger charge is -2.38. The third kappa shape index (κ3) is 4.15. The van der Waals surface area contributed by atoms with Crippen LogP contribution in [0.2, 0.25) is 5.02 Å². The molecule has 3 aromatic rings. The fraction of sp³-hybridized carbons (Fsp3) is 0.435. The smallest absolute Gasteiger partial charge is 0.433 e. The Morgan fingerprint density at radius 2 is 1.74 bits per heavy atom. The number of ether oxygens (including phenoxy) is 2. The van der Waals surface area contributed by atoms with E-state index in [1.165, 1.54) is 20.3 Å². The molecule has 0 spiro atoms. The molecular weight excluding hydrogens is 473 g/mol. The Balaban J connectivity index is 1.89. The van der Waals surface area contributed by atoms with Crippen LogP contribution in [0.5, 0.6) is 11.5 Å². The van der Waals surface area contributed by atoms with E-state index in [1.807, 2.05) is 13.8 Å². The van der Waals surface area contributed by atoms with Gasteiger partial charge in [-0.3, -0.25) is 4.79 Å². The molecule has 1 amide bonds. The molecule has 34 heavy (non-hydrogen) atoms. The number of nitrogens with zero attached hydrogens (tertiary/aromatic N) is 4. The van der Waals surface area contributed by atoms with Gasteiger partial charge in [-0.1, -0.05) is 11.6 Å². The number of methoxy groups -OCH3 is 2. The summed E-state index contributed by atoms with van der Waals surface area (Å²) in [7, 11) is 2.88. The Labute approximate surface area is 199 Å². The standard InChI is InChI=1S/C23H24ClF3N4O3/c1-12-6-5-7-13(2)30(12)22(32)20-19(24)21-28-15(11-18(23(25,26)27)31(21)29-20)14-8-9-16(33-3)17(10-14)34-4/h8-13H,5-7H2,1-4H3/t12-,13+. The van der Waals surface area contributed by atoms with Gasteiger partial charge in [0.05, 0.1) is 19.9 Å². The van der Waals surface area contributed by atoms with E-state index in [0.29, 0.717) is 21.6 Å². The van der Waals surface area contributed by atoms with Gasteiger partial charge in [0.15, 0.2) is 28.5 Å². The molecule has 0 radical (unpaired) electrons. The number of piperidine rings is 1. The summed E-state index contributed by atoms with van der Waals surface area (Å²) in [4.78, 5) is 19.3. The molecule has 3 heterocycles. The summed E-state index contributed by atoms with van der Waals surface area (Å²) in [6.07, 6.45) is -2.19. The van der Waals surface area contributed by atoms with Crippen molar-refractivity contribution in [3.05, 3.63) is 40.7 Å². The van der Waals surface area contributed by atoms with Crippen LogP contribution in [0, 0.1) is 0 Å². The van der Waals surface area contributed by atoms with E-state index in [4.69, 9.17) is 21.1 Å². The van der Waals surface area contributed by atoms with Crippen molar-refractivity contribution in [1.29, 1.82) is 0 Å². The van der Waals surface area contributed by atoms with Gasteiger partial charge in [0.25, 0.3) is 5.91 Å². The van der Waals surface area contributed by atoms with E-state index in [0.717, 1.165) is 25.3 Å². The van der Waals surface area contributed by atoms with Crippen LogP contribution in [0.25, 0.3) is 16.9 Å². The first-order valence-electron chi connectivity index (χ1n) is 10.8. The molecule has 1 saturated heterocycles. The van der Waals surface area contributed by atoms with Crippen LogP contribution >= 0.6 is 11.6 Å². The number of carbonyl (C=O) groups excluding carboxylic acids is 1. The molecule has 11 heteroatoms. The summed E-state index contributed by atoms with van der Waals surface area (Å²) >= 11 is 6.45. The molecular formula is C23H24ClF3N4O3. The number of hydrogen-bond donors (Lipinski definition) is 0. The minimum Gasteiger partial charge on any atom is -0.493 e. The second-order valence-electron chi connectivity index (χ2n) is 8.33. The van der Waals surface area contributed by atoms with E-state index in [9.17, 15) is 18.0 Å². The number of likely N-dealkylation sites (tertiary alicyclic amines) is 1. The summed E-state index contributed by atoms with van der Waals surface area (Å²) < 4.78 is 53.1. The van der Waals surface area contributed by atoms with Crippen molar-refractivity contribution in [3.63, 3.8) is 0 Å². The predicted octanol–water partition coefficient (Wildman–Crippen LogP) is 5.49. The van der Waals surface area contributed by atoms with Crippen molar-refractivity contribution in [2.75, 3.05) is 14.2 Å². The minimum atomic E-state index is -4.77. The van der Waals surface area contributed by atoms with Crippen molar-refractivity contribution >= 4 is 23.2 Å². The Morgan fingerprint density at radius 1 is 1.09 bits per heavy atom. The van der Waals surface area contributed by atoms with Gasteiger partial charge in [0.2, 0.25) is 0 Å². The highest BCUT2D eigenvalue weighted by molar-refractivity contribution is 6.36. The Morgan fingerprint density at radius 3 is 2.32 bits per heavy atom. The molecule has 182 valence electrons. The normalized spacial score (nSPS) is 18.9. The van der Waals surface area contributed by atoms with Gasteiger partial charge in [0.1, 0.15) is 5.02 Å². The van der Waals surface area contributed by atoms with Crippen molar-refractivity contribution in [2.45, 2.75) is 51.4 Å². The number of rotatable bonds is 4. The number of fused-ring (bicyclic) bond motifs is 1. The molecule has 0 aliphatic carbocycles. The summed E-state index contributed by atoms with van der Waals surface area (Å²) in [6, 6.07) is 5.38. The molecule has 2 atom stereocenters. The first-order valence-corrected chi connectivity index (χ1v) is 11.2. The van der Waals surface area contributed by atoms with Gasteiger partial charge in [-0.15, -0.1) is 0 Å². The van der Waals surface area contributed by atoms with Crippen LogP contribution in [0.3, 0.4) is 0 Å². The summed E-state index contributed by atoms with van der Waals surface area (Å²) in [5.74, 6) is 0.248. The molecule has 7 nitrogen and oxygen atoms in total. The zero-order valence-electron chi connectivity index (χ0n) is 19.1. The Bertz CT molecular complexity index is 1230. The third-order valence-electron chi connectivity index (χ3n) is 6.13. The van der Waals surface area contributed by atoms with E-state index < -0.39 is 17.8 Å². The van der Waals surface area contributed by atoms with Gasteiger partial charge >= 0.3 is 6.18 Å². The van der Waals surface area contributed by atoms with Crippen molar-refractivity contribution in [1.82, 2.24) is 19.5 Å². The van der Waals surface area contributed by atoms with Crippen LogP contribution in [0.1, 0.15) is 49.3 Å². The SMILES string of the molecule is COc1ccc(-c2cc(C(F)(F)F)n3nc(C(=O)N4[C@H](C)CCC[C@@H]4C)c(Cl)c3n2)cc1OC. The number of carbonyl (C=O) groups is 1. The van der Waals surface area contributed by atoms with Crippen LogP contribution in [0.15, 0.2) is 24.3 Å². The quantitative estimate of drug-likeness (QED) is 0.478. The third-order valence-corrected chi connectivity index (χ3v) is 6.48. The lowest BCUT2D eigenvalue weighted by atomic mass is 9.97. The maximum absolute atomic E-state index is 14.0. The molecule has 1 aromatic carbocycles. The number of amides is 1. The number of halogens is 4. The van der Waals surface area contributed by atoms with Crippen LogP contribution in [-0.4, -0.2) is 51.7 Å². The predicted molar refractivity (Wildman–Crippen MR) is 120 cm³/mol. The fourth-order valence-corrected chi connectivity index (χ4v) is 4.66. The van der Waals surface area contributed by atoms with Gasteiger partial charge in [-0.05, 0) is 57.4 Å². The average Bonchev–Trinajstić information content (AvgIpc) is 3.13. The number of alkyl halides is 3. The van der Waals surface area contributed by atoms with Gasteiger partial charge in [-0.2, -0.15) is 18.3 Å². The lowest BCUT2D eigenvalue weighted by molar-refractivity contribution is -0.142. The topological polar surface area (TPSA) is 69.0 Å². The first-order chi connectivity index (χ1) is 16.1. The van der Waals surface area contributed by atoms with E-state index in [-0.39, 0.29) is 34.1 Å². The molecule has 0 N–H and O–H groups in total. The molecule has 0 bridgehead atoms. The zero-order chi connectivity index (χ0) is 24.8. The summed E-state index contributed by atoms with van der Waals surface area (Å²) in [6.45, 7) is 3.82. The highest BCUT2D eigenvalue weighted by atomic mass is 35.5. The van der Waals surface area contributed by atoms with Crippen LogP contribution < -0.4 is 9.47 Å². The van der Waals surface area contributed by atoms with E-state index >= 15 is 0 Å². The number of hydrogen-bond acceptors (Lipinski definition) is 5. The fourth-order valence-electron chi connectivity index (χ4n) is 4.42. The maximum Gasteiger partial charge on any atom is 0.433 e. The summed E-state index contributed by atoms with van der Waals surface area (Å²) in [5, 5.41) is 3.77. The molecule has 0 unspecified atom stereocenters. The molecule has 4 rings (SSSR count). The van der Waals surface area contributed by atoms with E-state index in [1.54, 1.807) is 17.0 Å². The highest BCUT2D eigenvalue weighted by Crippen LogP contribution is 2.37. The Kier molecular flexibility index (Phi) is 6.37. The minimum absolute atomic E-state index is 0.00119. The second-order valence-corrected chi connectivity index (χ2v) is 8.71. The van der Waals surface area contributed by atoms with Crippen LogP contribution in [-0.2, 0) is 6.18 Å². The second kappa shape index (κ2) is 8.98. The highest BCUT2D eigenvalue weighted by Gasteiger charge is 2.38. The van der Waals surface area contributed by atoms with Crippen molar-refractivity contribution < 1.29 is 27.4 Å². The van der Waals surface area contributed by atoms with Crippen molar-refractivity contribution in [3.8, 4) is 22.8 Å². The van der Waals surface area contributed by atoms with Gasteiger partial charge in [-0.25, -0.2) is 9.50 Å². The molecule has 2 aromatic heterocycles. The first kappa shape index (κ1) is 24.1. The molecule has 1 aliphatic heterocycles. The van der Waals surface area contributed by atoms with E-state index in [2.05, 4.69) is 10.1 Å². The van der Waals surface area contributed by atoms with Crippen molar-refractivity contribution in [2.24, 2.45) is 0 Å². The largest absolute Gasteiger partial charge is 0.493 e. The maximum atomic E-state index is 14.0. The zero-order valence-corrected chi connectivity index (χ0v) is 19.9. The molecule has 0 saturated carbocycles. The molecule has 1 aliphatic rings. The lowest BCUT2D eigenvalue weighted by Crippen LogP contribution is -2.47. The average molecular weight is 497 g/mol. The monoisotopic (exact) mass is 496 g/mol. The Hall–Kier alpha value is -3.01. The van der Waals surface area contributed by atoms with Gasteiger partial charge < -0.3 is 14.4 Å². The van der Waals surface area contributed by atoms with Gasteiger partial charge in [0, 0.05) is 17.6 Å². The number of benzene rings is 1. The molecule has 1 fully saturated rings. The number of aromatic nitrogens is 3.